The smallest absolute Gasteiger partial charge is 0.254 e. The Balaban J connectivity index is 1.37. The van der Waals surface area contributed by atoms with Gasteiger partial charge in [-0.25, -0.2) is 0 Å². The largest absolute Gasteiger partial charge is 0.485 e. The maximum Gasteiger partial charge on any atom is 0.254 e. The molecule has 0 unspecified atom stereocenters. The van der Waals surface area contributed by atoms with E-state index in [1.807, 2.05) is 57.8 Å². The van der Waals surface area contributed by atoms with Gasteiger partial charge >= 0.3 is 0 Å². The highest BCUT2D eigenvalue weighted by Gasteiger charge is 2.40. The number of aryl methyl sites for hydroxylation is 1. The summed E-state index contributed by atoms with van der Waals surface area (Å²) in [5.74, 6) is 1.73. The molecule has 0 radical (unpaired) electrons. The van der Waals surface area contributed by atoms with Crippen molar-refractivity contribution in [1.82, 2.24) is 24.6 Å². The first-order chi connectivity index (χ1) is 18.5. The number of benzene rings is 2. The van der Waals surface area contributed by atoms with E-state index < -0.39 is 0 Å². The SMILES string of the molecule is Cn1cnnc1COc1ccc(Br)c2c1[C@@H](CN1Cc3ccccc3C1=O)N(C(=O)C1CCCCC1)CC2. The van der Waals surface area contributed by atoms with Crippen molar-refractivity contribution >= 4 is 27.7 Å². The summed E-state index contributed by atoms with van der Waals surface area (Å²) >= 11 is 3.76. The molecule has 0 N–H and O–H groups in total. The minimum atomic E-state index is -0.293. The van der Waals surface area contributed by atoms with E-state index >= 15 is 0 Å². The lowest BCUT2D eigenvalue weighted by atomic mass is 9.85. The second kappa shape index (κ2) is 10.5. The molecule has 38 heavy (non-hydrogen) atoms. The molecule has 1 aliphatic carbocycles. The summed E-state index contributed by atoms with van der Waals surface area (Å²) < 4.78 is 9.20. The van der Waals surface area contributed by atoms with Crippen molar-refractivity contribution < 1.29 is 14.3 Å². The number of hydrogen-bond donors (Lipinski definition) is 0. The standard InChI is InChI=1S/C29H32BrN5O3/c1-33-18-31-32-26(33)17-38-25-12-11-23(30)22-13-14-35(28(36)19-7-3-2-4-8-19)24(27(22)25)16-34-15-20-9-5-6-10-21(20)29(34)37/h5-6,9-12,18-19,24H,2-4,7-8,13-17H2,1H3/t24-/m1/s1. The van der Waals surface area contributed by atoms with E-state index in [0.717, 1.165) is 64.6 Å². The Bertz CT molecular complexity index is 1370. The van der Waals surface area contributed by atoms with E-state index in [2.05, 4.69) is 26.1 Å². The molecule has 0 spiro atoms. The fraction of sp³-hybridized carbons (Fsp3) is 0.448. The van der Waals surface area contributed by atoms with Crippen LogP contribution in [0.5, 0.6) is 5.75 Å². The summed E-state index contributed by atoms with van der Waals surface area (Å²) in [5.41, 5.74) is 3.91. The Labute approximate surface area is 231 Å². The third kappa shape index (κ3) is 4.61. The molecule has 6 rings (SSSR count). The average Bonchev–Trinajstić information content (AvgIpc) is 3.50. The summed E-state index contributed by atoms with van der Waals surface area (Å²) in [7, 11) is 1.89. The van der Waals surface area contributed by atoms with Gasteiger partial charge in [0, 0.05) is 48.2 Å². The quantitative estimate of drug-likeness (QED) is 0.419. The molecule has 1 saturated carbocycles. The van der Waals surface area contributed by atoms with Gasteiger partial charge in [0.25, 0.3) is 5.91 Å². The van der Waals surface area contributed by atoms with Crippen molar-refractivity contribution in [2.45, 2.75) is 57.7 Å². The summed E-state index contributed by atoms with van der Waals surface area (Å²) in [6, 6.07) is 11.5. The number of aromatic nitrogens is 3. The van der Waals surface area contributed by atoms with Crippen LogP contribution >= 0.6 is 15.9 Å². The first kappa shape index (κ1) is 25.1. The molecule has 2 aliphatic heterocycles. The van der Waals surface area contributed by atoms with Gasteiger partial charge in [-0.2, -0.15) is 0 Å². The van der Waals surface area contributed by atoms with Crippen molar-refractivity contribution in [3.63, 3.8) is 0 Å². The van der Waals surface area contributed by atoms with Crippen molar-refractivity contribution in [2.24, 2.45) is 13.0 Å². The van der Waals surface area contributed by atoms with Crippen LogP contribution in [-0.2, 0) is 31.4 Å². The Morgan fingerprint density at radius 3 is 2.71 bits per heavy atom. The Kier molecular flexibility index (Phi) is 6.95. The molecule has 2 aromatic carbocycles. The first-order valence-corrected chi connectivity index (χ1v) is 14.2. The van der Waals surface area contributed by atoms with Gasteiger partial charge in [0.15, 0.2) is 5.82 Å². The van der Waals surface area contributed by atoms with E-state index in [4.69, 9.17) is 4.74 Å². The van der Waals surface area contributed by atoms with Gasteiger partial charge in [0.05, 0.1) is 6.04 Å². The molecule has 0 bridgehead atoms. The zero-order valence-electron chi connectivity index (χ0n) is 21.6. The summed E-state index contributed by atoms with van der Waals surface area (Å²) in [5, 5.41) is 8.12. The summed E-state index contributed by atoms with van der Waals surface area (Å²) in [4.78, 5) is 31.3. The molecular weight excluding hydrogens is 546 g/mol. The maximum absolute atomic E-state index is 14.0. The number of rotatable bonds is 6. The van der Waals surface area contributed by atoms with Crippen LogP contribution in [0, 0.1) is 5.92 Å². The molecule has 1 aromatic heterocycles. The zero-order valence-corrected chi connectivity index (χ0v) is 23.2. The van der Waals surface area contributed by atoms with Crippen LogP contribution in [0.1, 0.15) is 71.0 Å². The molecule has 8 nitrogen and oxygen atoms in total. The van der Waals surface area contributed by atoms with E-state index in [1.165, 1.54) is 6.42 Å². The molecular formula is C29H32BrN5O3. The van der Waals surface area contributed by atoms with E-state index in [9.17, 15) is 9.59 Å². The normalized spacial score (nSPS) is 19.4. The second-order valence-electron chi connectivity index (χ2n) is 10.6. The highest BCUT2D eigenvalue weighted by atomic mass is 79.9. The number of amides is 2. The number of halogens is 1. The molecule has 3 heterocycles. The van der Waals surface area contributed by atoms with Crippen LogP contribution in [0.2, 0.25) is 0 Å². The van der Waals surface area contributed by atoms with Crippen LogP contribution in [0.15, 0.2) is 47.2 Å². The topological polar surface area (TPSA) is 80.6 Å². The predicted molar refractivity (Wildman–Crippen MR) is 145 cm³/mol. The zero-order chi connectivity index (χ0) is 26.2. The van der Waals surface area contributed by atoms with Crippen molar-refractivity contribution in [3.05, 3.63) is 75.3 Å². The molecule has 2 amide bonds. The number of nitrogens with zero attached hydrogens (tertiary/aromatic N) is 5. The van der Waals surface area contributed by atoms with Crippen LogP contribution in [0.4, 0.5) is 0 Å². The minimum Gasteiger partial charge on any atom is -0.485 e. The van der Waals surface area contributed by atoms with Crippen LogP contribution < -0.4 is 4.74 Å². The first-order valence-electron chi connectivity index (χ1n) is 13.5. The van der Waals surface area contributed by atoms with Gasteiger partial charge in [-0.3, -0.25) is 9.59 Å². The number of carbonyl (C=O) groups is 2. The Hall–Kier alpha value is -3.20. The van der Waals surface area contributed by atoms with Gasteiger partial charge in [0.1, 0.15) is 18.7 Å². The fourth-order valence-electron chi connectivity index (χ4n) is 6.19. The molecule has 3 aliphatic rings. The second-order valence-corrected chi connectivity index (χ2v) is 11.4. The fourth-order valence-corrected chi connectivity index (χ4v) is 6.74. The third-order valence-corrected chi connectivity index (χ3v) is 9.00. The molecule has 1 fully saturated rings. The van der Waals surface area contributed by atoms with Gasteiger partial charge < -0.3 is 19.1 Å². The van der Waals surface area contributed by atoms with Crippen LogP contribution in [-0.4, -0.2) is 49.5 Å². The number of hydrogen-bond acceptors (Lipinski definition) is 5. The van der Waals surface area contributed by atoms with Crippen molar-refractivity contribution in [3.8, 4) is 5.75 Å². The van der Waals surface area contributed by atoms with Crippen molar-refractivity contribution in [2.75, 3.05) is 13.1 Å². The lowest BCUT2D eigenvalue weighted by Gasteiger charge is -2.42. The van der Waals surface area contributed by atoms with Crippen LogP contribution in [0.25, 0.3) is 0 Å². The summed E-state index contributed by atoms with van der Waals surface area (Å²) in [6.07, 6.45) is 7.67. The van der Waals surface area contributed by atoms with E-state index in [0.29, 0.717) is 25.5 Å². The maximum atomic E-state index is 14.0. The van der Waals surface area contributed by atoms with Gasteiger partial charge in [-0.1, -0.05) is 53.4 Å². The third-order valence-electron chi connectivity index (χ3n) is 8.26. The predicted octanol–water partition coefficient (Wildman–Crippen LogP) is 4.82. The molecule has 0 saturated heterocycles. The number of fused-ring (bicyclic) bond motifs is 2. The average molecular weight is 579 g/mol. The number of carbonyl (C=O) groups excluding carboxylic acids is 2. The van der Waals surface area contributed by atoms with Gasteiger partial charge in [-0.05, 0) is 48.6 Å². The monoisotopic (exact) mass is 577 g/mol. The Morgan fingerprint density at radius 1 is 1.13 bits per heavy atom. The minimum absolute atomic E-state index is 0.0225. The summed E-state index contributed by atoms with van der Waals surface area (Å²) in [6.45, 7) is 1.88. The van der Waals surface area contributed by atoms with Gasteiger partial charge in [0.2, 0.25) is 5.91 Å². The van der Waals surface area contributed by atoms with Gasteiger partial charge in [-0.15, -0.1) is 10.2 Å². The lowest BCUT2D eigenvalue weighted by Crippen LogP contribution is -2.48. The molecule has 1 atom stereocenters. The van der Waals surface area contributed by atoms with E-state index in [1.54, 1.807) is 6.33 Å². The highest BCUT2D eigenvalue weighted by Crippen LogP contribution is 2.43. The Morgan fingerprint density at radius 2 is 1.95 bits per heavy atom. The molecule has 198 valence electrons. The van der Waals surface area contributed by atoms with E-state index in [-0.39, 0.29) is 30.4 Å². The van der Waals surface area contributed by atoms with Crippen LogP contribution in [0.3, 0.4) is 0 Å². The number of ether oxygens (including phenoxy) is 1. The molecule has 3 aromatic rings. The molecule has 9 heteroatoms. The van der Waals surface area contributed by atoms with Crippen molar-refractivity contribution in [1.29, 1.82) is 0 Å². The highest BCUT2D eigenvalue weighted by molar-refractivity contribution is 9.10. The lowest BCUT2D eigenvalue weighted by molar-refractivity contribution is -0.140.